The van der Waals surface area contributed by atoms with E-state index >= 15 is 0 Å². The van der Waals surface area contributed by atoms with Crippen molar-refractivity contribution in [2.75, 3.05) is 0 Å². The highest BCUT2D eigenvalue weighted by Crippen LogP contribution is 2.25. The monoisotopic (exact) mass is 297 g/mol. The highest BCUT2D eigenvalue weighted by Gasteiger charge is 2.05. The van der Waals surface area contributed by atoms with Gasteiger partial charge in [0.2, 0.25) is 0 Å². The average Bonchev–Trinajstić information content (AvgIpc) is 3.04. The molecule has 0 unspecified atom stereocenters. The summed E-state index contributed by atoms with van der Waals surface area (Å²) in [6, 6.07) is 20.5. The highest BCUT2D eigenvalue weighted by molar-refractivity contribution is 5.91. The molecule has 0 aliphatic rings. The molecule has 0 fully saturated rings. The number of aromatic nitrogens is 3. The van der Waals surface area contributed by atoms with Crippen molar-refractivity contribution < 1.29 is 0 Å². The largest absolute Gasteiger partial charge is 0.277 e. The van der Waals surface area contributed by atoms with Crippen LogP contribution in [-0.4, -0.2) is 15.2 Å². The van der Waals surface area contributed by atoms with E-state index in [2.05, 4.69) is 57.7 Å². The van der Waals surface area contributed by atoms with Gasteiger partial charge in [-0.25, -0.2) is 0 Å². The first kappa shape index (κ1) is 13.5. The minimum Gasteiger partial charge on any atom is -0.277 e. The number of rotatable bonds is 3. The summed E-state index contributed by atoms with van der Waals surface area (Å²) >= 11 is 0. The standard InChI is InChI=1S/C20H15N3/c1-2-5-15(6-3-1)8-11-19-18-10-9-16(13-20(18)23-22-19)17-7-4-12-21-14-17/h1-14H,(H,22,23). The van der Waals surface area contributed by atoms with Gasteiger partial charge < -0.3 is 0 Å². The molecule has 110 valence electrons. The zero-order chi connectivity index (χ0) is 15.5. The molecule has 0 aliphatic carbocycles. The third-order valence-electron chi connectivity index (χ3n) is 3.82. The van der Waals surface area contributed by atoms with Crippen LogP contribution >= 0.6 is 0 Å². The molecule has 2 aromatic heterocycles. The van der Waals surface area contributed by atoms with Gasteiger partial charge in [-0.15, -0.1) is 0 Å². The van der Waals surface area contributed by atoms with Crippen molar-refractivity contribution in [3.63, 3.8) is 0 Å². The summed E-state index contributed by atoms with van der Waals surface area (Å²) in [5.74, 6) is 0. The summed E-state index contributed by atoms with van der Waals surface area (Å²) in [5.41, 5.74) is 5.37. The van der Waals surface area contributed by atoms with Crippen LogP contribution in [0, 0.1) is 0 Å². The first-order valence-electron chi connectivity index (χ1n) is 7.52. The molecule has 4 aromatic rings. The fourth-order valence-electron chi connectivity index (χ4n) is 2.62. The molecule has 0 bridgehead atoms. The smallest absolute Gasteiger partial charge is 0.0927 e. The van der Waals surface area contributed by atoms with E-state index in [1.54, 1.807) is 6.20 Å². The Balaban J connectivity index is 1.69. The zero-order valence-corrected chi connectivity index (χ0v) is 12.5. The second kappa shape index (κ2) is 5.89. The molecule has 0 atom stereocenters. The summed E-state index contributed by atoms with van der Waals surface area (Å²) in [6.07, 6.45) is 7.76. The number of fused-ring (bicyclic) bond motifs is 1. The molecule has 1 N–H and O–H groups in total. The number of benzene rings is 2. The van der Waals surface area contributed by atoms with Crippen LogP contribution in [0.4, 0.5) is 0 Å². The Morgan fingerprint density at radius 3 is 2.57 bits per heavy atom. The Kier molecular flexibility index (Phi) is 3.45. The Hall–Kier alpha value is -3.20. The molecule has 2 heterocycles. The van der Waals surface area contributed by atoms with E-state index in [9.17, 15) is 0 Å². The molecule has 0 amide bonds. The van der Waals surface area contributed by atoms with E-state index in [4.69, 9.17) is 0 Å². The van der Waals surface area contributed by atoms with Crippen molar-refractivity contribution in [2.45, 2.75) is 0 Å². The molecule has 3 heteroatoms. The van der Waals surface area contributed by atoms with Gasteiger partial charge in [0, 0.05) is 23.3 Å². The Morgan fingerprint density at radius 2 is 1.74 bits per heavy atom. The van der Waals surface area contributed by atoms with Gasteiger partial charge in [0.15, 0.2) is 0 Å². The lowest BCUT2D eigenvalue weighted by Crippen LogP contribution is -1.79. The van der Waals surface area contributed by atoms with E-state index < -0.39 is 0 Å². The summed E-state index contributed by atoms with van der Waals surface area (Å²) in [7, 11) is 0. The summed E-state index contributed by atoms with van der Waals surface area (Å²) in [4.78, 5) is 4.17. The van der Waals surface area contributed by atoms with Crippen molar-refractivity contribution in [2.24, 2.45) is 0 Å². The fourth-order valence-corrected chi connectivity index (χ4v) is 2.62. The summed E-state index contributed by atoms with van der Waals surface area (Å²) in [5, 5.41) is 8.65. The van der Waals surface area contributed by atoms with Crippen LogP contribution in [0.1, 0.15) is 11.3 Å². The van der Waals surface area contributed by atoms with Crippen molar-refractivity contribution in [3.8, 4) is 11.1 Å². The van der Waals surface area contributed by atoms with Crippen molar-refractivity contribution in [1.82, 2.24) is 15.2 Å². The number of hydrogen-bond acceptors (Lipinski definition) is 2. The lowest BCUT2D eigenvalue weighted by molar-refractivity contribution is 1.11. The maximum atomic E-state index is 4.42. The molecule has 4 rings (SSSR count). The molecule has 0 spiro atoms. The van der Waals surface area contributed by atoms with Crippen LogP contribution in [0.5, 0.6) is 0 Å². The van der Waals surface area contributed by atoms with Crippen LogP contribution in [0.15, 0.2) is 73.1 Å². The topological polar surface area (TPSA) is 41.6 Å². The molecule has 0 saturated heterocycles. The van der Waals surface area contributed by atoms with Crippen LogP contribution in [-0.2, 0) is 0 Å². The quantitative estimate of drug-likeness (QED) is 0.590. The van der Waals surface area contributed by atoms with Crippen molar-refractivity contribution in [1.29, 1.82) is 0 Å². The first-order valence-corrected chi connectivity index (χ1v) is 7.52. The Morgan fingerprint density at radius 1 is 0.826 bits per heavy atom. The van der Waals surface area contributed by atoms with Gasteiger partial charge in [-0.2, -0.15) is 5.10 Å². The van der Waals surface area contributed by atoms with Crippen molar-refractivity contribution in [3.05, 3.63) is 84.3 Å². The summed E-state index contributed by atoms with van der Waals surface area (Å²) < 4.78 is 0. The van der Waals surface area contributed by atoms with E-state index in [0.717, 1.165) is 33.3 Å². The third kappa shape index (κ3) is 2.77. The zero-order valence-electron chi connectivity index (χ0n) is 12.5. The lowest BCUT2D eigenvalue weighted by Gasteiger charge is -2.00. The van der Waals surface area contributed by atoms with Crippen LogP contribution < -0.4 is 0 Å². The van der Waals surface area contributed by atoms with E-state index in [-0.39, 0.29) is 0 Å². The normalized spacial score (nSPS) is 11.3. The number of hydrogen-bond donors (Lipinski definition) is 1. The lowest BCUT2D eigenvalue weighted by atomic mass is 10.1. The van der Waals surface area contributed by atoms with Crippen LogP contribution in [0.25, 0.3) is 34.2 Å². The maximum Gasteiger partial charge on any atom is 0.0927 e. The molecular weight excluding hydrogens is 282 g/mol. The van der Waals surface area contributed by atoms with E-state index in [1.807, 2.05) is 36.5 Å². The van der Waals surface area contributed by atoms with Gasteiger partial charge in [0.25, 0.3) is 0 Å². The molecule has 23 heavy (non-hydrogen) atoms. The second-order valence-corrected chi connectivity index (χ2v) is 5.35. The fraction of sp³-hybridized carbons (Fsp3) is 0. The van der Waals surface area contributed by atoms with Gasteiger partial charge >= 0.3 is 0 Å². The number of pyridine rings is 1. The van der Waals surface area contributed by atoms with E-state index in [0.29, 0.717) is 0 Å². The Labute approximate surface area is 134 Å². The highest BCUT2D eigenvalue weighted by atomic mass is 15.1. The van der Waals surface area contributed by atoms with Gasteiger partial charge in [-0.1, -0.05) is 48.5 Å². The van der Waals surface area contributed by atoms with Crippen LogP contribution in [0.3, 0.4) is 0 Å². The second-order valence-electron chi connectivity index (χ2n) is 5.35. The van der Waals surface area contributed by atoms with Crippen molar-refractivity contribution >= 4 is 23.1 Å². The number of nitrogens with one attached hydrogen (secondary N) is 1. The average molecular weight is 297 g/mol. The molecule has 0 saturated carbocycles. The minimum absolute atomic E-state index is 0.946. The van der Waals surface area contributed by atoms with Gasteiger partial charge in [-0.3, -0.25) is 10.1 Å². The minimum atomic E-state index is 0.946. The van der Waals surface area contributed by atoms with Gasteiger partial charge in [0.1, 0.15) is 0 Å². The molecule has 0 radical (unpaired) electrons. The predicted molar refractivity (Wildman–Crippen MR) is 94.7 cm³/mol. The molecular formula is C20H15N3. The first-order chi connectivity index (χ1) is 11.4. The summed E-state index contributed by atoms with van der Waals surface area (Å²) in [6.45, 7) is 0. The third-order valence-corrected chi connectivity index (χ3v) is 3.82. The van der Waals surface area contributed by atoms with Gasteiger partial charge in [0.05, 0.1) is 11.2 Å². The molecule has 2 aromatic carbocycles. The van der Waals surface area contributed by atoms with Gasteiger partial charge in [-0.05, 0) is 35.4 Å². The number of aromatic amines is 1. The maximum absolute atomic E-state index is 4.42. The molecule has 3 nitrogen and oxygen atoms in total. The SMILES string of the molecule is C(=Cc1n[nH]c2cc(-c3cccnc3)ccc12)c1ccccc1. The number of H-pyrrole nitrogens is 1. The predicted octanol–water partition coefficient (Wildman–Crippen LogP) is 4.80. The van der Waals surface area contributed by atoms with Crippen LogP contribution in [0.2, 0.25) is 0 Å². The molecule has 0 aliphatic heterocycles. The number of nitrogens with zero attached hydrogens (tertiary/aromatic N) is 2. The Bertz CT molecular complexity index is 954. The van der Waals surface area contributed by atoms with E-state index in [1.165, 1.54) is 0 Å².